The Bertz CT molecular complexity index is 901. The minimum absolute atomic E-state index is 0.110. The Morgan fingerprint density at radius 1 is 1.30 bits per heavy atom. The molecule has 7 nitrogen and oxygen atoms in total. The topological polar surface area (TPSA) is 89.5 Å². The quantitative estimate of drug-likeness (QED) is 0.592. The number of carbonyl (C=O) groups is 1. The number of aryl methyl sites for hydroxylation is 1. The molecule has 0 unspecified atom stereocenters. The molecule has 0 aliphatic rings. The molecule has 0 radical (unpaired) electrons. The van der Waals surface area contributed by atoms with Gasteiger partial charge in [0.15, 0.2) is 0 Å². The summed E-state index contributed by atoms with van der Waals surface area (Å²) in [5, 5.41) is 13.5. The van der Waals surface area contributed by atoms with E-state index in [-0.39, 0.29) is 23.7 Å². The monoisotopic (exact) mass is 310 g/mol. The third-order valence-corrected chi connectivity index (χ3v) is 3.54. The molecule has 2 heterocycles. The van der Waals surface area contributed by atoms with Gasteiger partial charge in [0.2, 0.25) is 0 Å². The fourth-order valence-corrected chi connectivity index (χ4v) is 2.42. The van der Waals surface area contributed by atoms with Crippen LogP contribution in [-0.2, 0) is 6.54 Å². The van der Waals surface area contributed by atoms with E-state index in [0.29, 0.717) is 0 Å². The van der Waals surface area contributed by atoms with Crippen molar-refractivity contribution >= 4 is 17.1 Å². The van der Waals surface area contributed by atoms with Gasteiger partial charge in [0, 0.05) is 23.9 Å². The van der Waals surface area contributed by atoms with Crippen LogP contribution in [0.4, 0.5) is 5.69 Å². The third-order valence-electron chi connectivity index (χ3n) is 3.54. The van der Waals surface area contributed by atoms with Crippen molar-refractivity contribution in [3.63, 3.8) is 0 Å². The zero-order valence-electron chi connectivity index (χ0n) is 12.4. The number of imidazole rings is 1. The Morgan fingerprint density at radius 3 is 2.91 bits per heavy atom. The second kappa shape index (κ2) is 5.88. The van der Waals surface area contributed by atoms with Crippen LogP contribution in [0.25, 0.3) is 5.52 Å². The minimum Gasteiger partial charge on any atom is -0.346 e. The second-order valence-corrected chi connectivity index (χ2v) is 5.05. The maximum atomic E-state index is 12.2. The Balaban J connectivity index is 1.78. The highest BCUT2D eigenvalue weighted by Gasteiger charge is 2.13. The zero-order valence-corrected chi connectivity index (χ0v) is 12.4. The smallest absolute Gasteiger partial charge is 0.270 e. The first kappa shape index (κ1) is 14.7. The van der Waals surface area contributed by atoms with Gasteiger partial charge < -0.3 is 9.72 Å². The highest BCUT2D eigenvalue weighted by molar-refractivity contribution is 5.94. The molecule has 0 saturated heterocycles. The van der Waals surface area contributed by atoms with Crippen molar-refractivity contribution in [3.05, 3.63) is 75.9 Å². The molecule has 0 spiro atoms. The fraction of sp³-hybridized carbons (Fsp3) is 0.125. The number of amides is 1. The van der Waals surface area contributed by atoms with Gasteiger partial charge in [-0.1, -0.05) is 12.1 Å². The lowest BCUT2D eigenvalue weighted by atomic mass is 10.2. The van der Waals surface area contributed by atoms with Crippen LogP contribution in [0.15, 0.2) is 48.7 Å². The molecule has 1 amide bonds. The molecule has 0 aliphatic heterocycles. The number of carbonyl (C=O) groups excluding carboxylic acids is 1. The van der Waals surface area contributed by atoms with Gasteiger partial charge in [0.05, 0.1) is 22.7 Å². The van der Waals surface area contributed by atoms with Crippen LogP contribution in [0.2, 0.25) is 0 Å². The van der Waals surface area contributed by atoms with Gasteiger partial charge in [-0.25, -0.2) is 4.98 Å². The SMILES string of the molecule is Cc1nc(CNC(=O)c2cccc([N+](=O)[O-])c2)c2ccccn12. The van der Waals surface area contributed by atoms with Crippen molar-refractivity contribution in [1.29, 1.82) is 0 Å². The van der Waals surface area contributed by atoms with Gasteiger partial charge in [0.1, 0.15) is 5.82 Å². The Labute approximate surface area is 131 Å². The van der Waals surface area contributed by atoms with E-state index in [2.05, 4.69) is 10.3 Å². The Morgan fingerprint density at radius 2 is 2.13 bits per heavy atom. The van der Waals surface area contributed by atoms with Crippen molar-refractivity contribution in [2.24, 2.45) is 0 Å². The maximum Gasteiger partial charge on any atom is 0.270 e. The first-order valence-electron chi connectivity index (χ1n) is 7.01. The highest BCUT2D eigenvalue weighted by atomic mass is 16.6. The lowest BCUT2D eigenvalue weighted by molar-refractivity contribution is -0.384. The van der Waals surface area contributed by atoms with E-state index in [4.69, 9.17) is 0 Å². The van der Waals surface area contributed by atoms with E-state index in [9.17, 15) is 14.9 Å². The number of rotatable bonds is 4. The summed E-state index contributed by atoms with van der Waals surface area (Å²) >= 11 is 0. The van der Waals surface area contributed by atoms with E-state index in [0.717, 1.165) is 17.0 Å². The summed E-state index contributed by atoms with van der Waals surface area (Å²) in [4.78, 5) is 26.8. The molecule has 1 aromatic carbocycles. The van der Waals surface area contributed by atoms with Gasteiger partial charge in [-0.2, -0.15) is 0 Å². The number of non-ortho nitro benzene ring substituents is 1. The number of pyridine rings is 1. The van der Waals surface area contributed by atoms with Crippen LogP contribution >= 0.6 is 0 Å². The Kier molecular flexibility index (Phi) is 3.76. The number of fused-ring (bicyclic) bond motifs is 1. The fourth-order valence-electron chi connectivity index (χ4n) is 2.42. The standard InChI is InChI=1S/C16H14N4O3/c1-11-18-14(15-7-2-3-8-19(11)15)10-17-16(21)12-5-4-6-13(9-12)20(22)23/h2-9H,10H2,1H3,(H,17,21). The normalized spacial score (nSPS) is 10.7. The van der Waals surface area contributed by atoms with Crippen molar-refractivity contribution in [3.8, 4) is 0 Å². The molecular weight excluding hydrogens is 296 g/mol. The van der Waals surface area contributed by atoms with Crippen LogP contribution in [0, 0.1) is 17.0 Å². The van der Waals surface area contributed by atoms with Gasteiger partial charge in [0.25, 0.3) is 11.6 Å². The van der Waals surface area contributed by atoms with Gasteiger partial charge in [-0.05, 0) is 25.1 Å². The van der Waals surface area contributed by atoms with Crippen LogP contribution in [0.5, 0.6) is 0 Å². The number of nitrogens with one attached hydrogen (secondary N) is 1. The van der Waals surface area contributed by atoms with Crippen LogP contribution in [0.1, 0.15) is 21.9 Å². The van der Waals surface area contributed by atoms with Crippen molar-refractivity contribution in [1.82, 2.24) is 14.7 Å². The predicted octanol–water partition coefficient (Wildman–Crippen LogP) is 2.48. The number of hydrogen-bond acceptors (Lipinski definition) is 4. The zero-order chi connectivity index (χ0) is 16.4. The van der Waals surface area contributed by atoms with Crippen molar-refractivity contribution in [2.75, 3.05) is 0 Å². The van der Waals surface area contributed by atoms with E-state index >= 15 is 0 Å². The van der Waals surface area contributed by atoms with Crippen molar-refractivity contribution in [2.45, 2.75) is 13.5 Å². The summed E-state index contributed by atoms with van der Waals surface area (Å²) in [6, 6.07) is 11.4. The Hall–Kier alpha value is -3.22. The summed E-state index contributed by atoms with van der Waals surface area (Å²) in [6.07, 6.45) is 1.91. The lowest BCUT2D eigenvalue weighted by Gasteiger charge is -2.04. The van der Waals surface area contributed by atoms with Crippen LogP contribution < -0.4 is 5.32 Å². The van der Waals surface area contributed by atoms with Crippen LogP contribution in [-0.4, -0.2) is 20.2 Å². The van der Waals surface area contributed by atoms with E-state index in [1.807, 2.05) is 35.7 Å². The molecule has 0 aliphatic carbocycles. The molecule has 0 fully saturated rings. The minimum atomic E-state index is -0.525. The van der Waals surface area contributed by atoms with E-state index in [1.165, 1.54) is 18.2 Å². The first-order chi connectivity index (χ1) is 11.1. The number of nitrogens with zero attached hydrogens (tertiary/aromatic N) is 3. The summed E-state index contributed by atoms with van der Waals surface area (Å²) < 4.78 is 1.94. The molecule has 0 saturated carbocycles. The first-order valence-corrected chi connectivity index (χ1v) is 7.01. The summed E-state index contributed by atoms with van der Waals surface area (Å²) in [5.74, 6) is 0.462. The van der Waals surface area contributed by atoms with Gasteiger partial charge in [-0.3, -0.25) is 14.9 Å². The van der Waals surface area contributed by atoms with E-state index < -0.39 is 4.92 Å². The third kappa shape index (κ3) is 2.89. The number of nitro groups is 1. The molecule has 0 bridgehead atoms. The molecule has 3 rings (SSSR count). The number of benzene rings is 1. The summed E-state index contributed by atoms with van der Waals surface area (Å²) in [6.45, 7) is 2.14. The molecule has 1 N–H and O–H groups in total. The maximum absolute atomic E-state index is 12.2. The average Bonchev–Trinajstić information content (AvgIpc) is 2.89. The molecule has 116 valence electrons. The van der Waals surface area contributed by atoms with Crippen LogP contribution in [0.3, 0.4) is 0 Å². The van der Waals surface area contributed by atoms with Crippen molar-refractivity contribution < 1.29 is 9.72 Å². The molecule has 3 aromatic rings. The predicted molar refractivity (Wildman–Crippen MR) is 84.2 cm³/mol. The summed E-state index contributed by atoms with van der Waals surface area (Å²) in [7, 11) is 0. The largest absolute Gasteiger partial charge is 0.346 e. The molecule has 2 aromatic heterocycles. The molecular formula is C16H14N4O3. The number of aromatic nitrogens is 2. The molecule has 23 heavy (non-hydrogen) atoms. The summed E-state index contributed by atoms with van der Waals surface area (Å²) in [5.41, 5.74) is 1.81. The van der Waals surface area contributed by atoms with E-state index in [1.54, 1.807) is 6.07 Å². The number of nitro benzene ring substituents is 1. The average molecular weight is 310 g/mol. The second-order valence-electron chi connectivity index (χ2n) is 5.05. The lowest BCUT2D eigenvalue weighted by Crippen LogP contribution is -2.23. The van der Waals surface area contributed by atoms with Gasteiger partial charge in [-0.15, -0.1) is 0 Å². The highest BCUT2D eigenvalue weighted by Crippen LogP contribution is 2.14. The molecule has 7 heteroatoms. The van der Waals surface area contributed by atoms with Gasteiger partial charge >= 0.3 is 0 Å². The number of hydrogen-bond donors (Lipinski definition) is 1. The molecule has 0 atom stereocenters.